The van der Waals surface area contributed by atoms with Crippen LogP contribution in [0.2, 0.25) is 0 Å². The summed E-state index contributed by atoms with van der Waals surface area (Å²) in [6.07, 6.45) is -7.41. The summed E-state index contributed by atoms with van der Waals surface area (Å²) in [4.78, 5) is -0.885. The summed E-state index contributed by atoms with van der Waals surface area (Å²) in [5.74, 6) is -30.7. The van der Waals surface area contributed by atoms with Crippen LogP contribution in [-0.2, 0) is 0 Å². The van der Waals surface area contributed by atoms with Crippen molar-refractivity contribution >= 4 is 27.7 Å². The van der Waals surface area contributed by atoms with Gasteiger partial charge in [-0.3, -0.25) is 0 Å². The van der Waals surface area contributed by atoms with Crippen molar-refractivity contribution in [3.63, 3.8) is 0 Å². The fourth-order valence-electron chi connectivity index (χ4n) is 1.47. The van der Waals surface area contributed by atoms with Crippen molar-refractivity contribution < 1.29 is 57.1 Å². The first-order chi connectivity index (χ1) is 11.7. The SMILES string of the molecule is FC(F)(F)C(F)(F)C(F)(F)C(F)(F)C(F)(F)C(F)(F)Sc1ccc(Br)cc1. The second-order valence-electron chi connectivity index (χ2n) is 4.87. The van der Waals surface area contributed by atoms with E-state index in [1.807, 2.05) is 0 Å². The summed E-state index contributed by atoms with van der Waals surface area (Å²) >= 11 is 1.39. The Hall–Kier alpha value is -0.860. The fraction of sp³-hybridized carbons (Fsp3) is 0.500. The Bertz CT molecular complexity index is 665. The normalized spacial score (nSPS) is 15.2. The van der Waals surface area contributed by atoms with Gasteiger partial charge in [-0.15, -0.1) is 0 Å². The molecule has 15 heteroatoms. The highest BCUT2D eigenvalue weighted by molar-refractivity contribution is 9.10. The van der Waals surface area contributed by atoms with Crippen molar-refractivity contribution in [2.75, 3.05) is 0 Å². The monoisotopic (exact) mass is 506 g/mol. The zero-order valence-electron chi connectivity index (χ0n) is 12.0. The summed E-state index contributed by atoms with van der Waals surface area (Å²) in [7, 11) is 0. The van der Waals surface area contributed by atoms with E-state index in [0.29, 0.717) is 12.1 Å². The van der Waals surface area contributed by atoms with Crippen molar-refractivity contribution in [1.29, 1.82) is 0 Å². The summed E-state index contributed by atoms with van der Waals surface area (Å²) in [6.45, 7) is 0. The molecule has 1 aromatic carbocycles. The highest BCUT2D eigenvalue weighted by Crippen LogP contribution is 2.62. The number of hydrogen-bond acceptors (Lipinski definition) is 1. The first-order valence-corrected chi connectivity index (χ1v) is 7.73. The molecule has 0 saturated heterocycles. The quantitative estimate of drug-likeness (QED) is 0.289. The molecule has 0 aliphatic heterocycles. The van der Waals surface area contributed by atoms with Crippen LogP contribution in [0.4, 0.5) is 57.1 Å². The van der Waals surface area contributed by atoms with E-state index in [1.54, 1.807) is 0 Å². The Balaban J connectivity index is 3.38. The third-order valence-electron chi connectivity index (χ3n) is 2.96. The van der Waals surface area contributed by atoms with Crippen molar-refractivity contribution in [3.05, 3.63) is 28.7 Å². The third kappa shape index (κ3) is 3.85. The van der Waals surface area contributed by atoms with E-state index in [1.165, 1.54) is 0 Å². The topological polar surface area (TPSA) is 0 Å². The molecule has 0 spiro atoms. The molecule has 27 heavy (non-hydrogen) atoms. The first kappa shape index (κ1) is 24.2. The largest absolute Gasteiger partial charge is 0.460 e. The molecule has 0 bridgehead atoms. The van der Waals surface area contributed by atoms with Gasteiger partial charge in [-0.1, -0.05) is 15.9 Å². The van der Waals surface area contributed by atoms with Gasteiger partial charge in [0.2, 0.25) is 0 Å². The van der Waals surface area contributed by atoms with Gasteiger partial charge in [0.25, 0.3) is 0 Å². The smallest absolute Gasteiger partial charge is 0.192 e. The van der Waals surface area contributed by atoms with Crippen LogP contribution >= 0.6 is 27.7 Å². The van der Waals surface area contributed by atoms with Gasteiger partial charge in [-0.2, -0.15) is 57.1 Å². The van der Waals surface area contributed by atoms with Gasteiger partial charge in [0, 0.05) is 9.37 Å². The van der Waals surface area contributed by atoms with Gasteiger partial charge in [0.15, 0.2) is 0 Å². The minimum Gasteiger partial charge on any atom is -0.192 e. The molecule has 0 aliphatic carbocycles. The number of benzene rings is 1. The van der Waals surface area contributed by atoms with Crippen molar-refractivity contribution in [2.45, 2.75) is 40.0 Å². The molecule has 0 unspecified atom stereocenters. The fourth-order valence-corrected chi connectivity index (χ4v) is 2.56. The summed E-state index contributed by atoms with van der Waals surface area (Å²) in [6, 6.07) is 3.22. The molecule has 0 N–H and O–H groups in total. The maximum atomic E-state index is 13.6. The second kappa shape index (κ2) is 6.88. The molecule has 0 radical (unpaired) electrons. The molecule has 0 saturated carbocycles. The molecule has 0 heterocycles. The van der Waals surface area contributed by atoms with Crippen LogP contribution in [0.1, 0.15) is 0 Å². The molecule has 1 rings (SSSR count). The van der Waals surface area contributed by atoms with Crippen LogP contribution in [0.25, 0.3) is 0 Å². The maximum Gasteiger partial charge on any atom is 0.460 e. The predicted molar refractivity (Wildman–Crippen MR) is 70.8 cm³/mol. The van der Waals surface area contributed by atoms with E-state index in [4.69, 9.17) is 0 Å². The zero-order chi connectivity index (χ0) is 21.7. The Morgan fingerprint density at radius 1 is 0.556 bits per heavy atom. The van der Waals surface area contributed by atoms with E-state index in [-0.39, 0.29) is 4.47 Å². The highest BCUT2D eigenvalue weighted by atomic mass is 79.9. The number of thioether (sulfide) groups is 1. The van der Waals surface area contributed by atoms with Gasteiger partial charge in [0.05, 0.1) is 0 Å². The van der Waals surface area contributed by atoms with Crippen LogP contribution in [0, 0.1) is 0 Å². The van der Waals surface area contributed by atoms with E-state index >= 15 is 0 Å². The van der Waals surface area contributed by atoms with Crippen LogP contribution in [0.3, 0.4) is 0 Å². The molecule has 0 aromatic heterocycles. The maximum absolute atomic E-state index is 13.6. The lowest BCUT2D eigenvalue weighted by atomic mass is 9.98. The number of halogens is 14. The van der Waals surface area contributed by atoms with Gasteiger partial charge in [-0.25, -0.2) is 0 Å². The Morgan fingerprint density at radius 3 is 1.30 bits per heavy atom. The van der Waals surface area contributed by atoms with Gasteiger partial charge in [0.1, 0.15) is 0 Å². The number of rotatable bonds is 6. The molecule has 0 fully saturated rings. The predicted octanol–water partition coefficient (Wildman–Crippen LogP) is 7.24. The van der Waals surface area contributed by atoms with E-state index in [0.717, 1.165) is 12.1 Å². The van der Waals surface area contributed by atoms with Gasteiger partial charge in [-0.05, 0) is 36.0 Å². The lowest BCUT2D eigenvalue weighted by Crippen LogP contribution is -2.69. The average molecular weight is 507 g/mol. The van der Waals surface area contributed by atoms with Crippen molar-refractivity contribution in [3.8, 4) is 0 Å². The summed E-state index contributed by atoms with van der Waals surface area (Å²) in [5, 5.41) is -6.19. The van der Waals surface area contributed by atoms with Crippen LogP contribution in [-0.4, -0.2) is 35.1 Å². The number of alkyl halides is 13. The molecule has 0 atom stereocenters. The van der Waals surface area contributed by atoms with Crippen molar-refractivity contribution in [2.24, 2.45) is 0 Å². The third-order valence-corrected chi connectivity index (χ3v) is 4.51. The molecular formula is C12H4BrF13S. The second-order valence-corrected chi connectivity index (χ2v) is 6.97. The highest BCUT2D eigenvalue weighted by Gasteiger charge is 2.90. The Morgan fingerprint density at radius 2 is 0.926 bits per heavy atom. The standard InChI is InChI=1S/C12H4BrF13S/c13-5-1-3-6(4-2-5)27-12(25,26)10(20,21)8(16,17)7(14,15)9(18,19)11(22,23)24/h1-4H. The van der Waals surface area contributed by atoms with Crippen LogP contribution < -0.4 is 0 Å². The zero-order valence-corrected chi connectivity index (χ0v) is 14.4. The minimum absolute atomic E-state index is 0.212. The first-order valence-electron chi connectivity index (χ1n) is 6.13. The van der Waals surface area contributed by atoms with Gasteiger partial charge >= 0.3 is 35.1 Å². The lowest BCUT2D eigenvalue weighted by molar-refractivity contribution is -0.433. The Kier molecular flexibility index (Phi) is 6.16. The summed E-state index contributed by atoms with van der Waals surface area (Å²) < 4.78 is 168. The Labute approximate surface area is 154 Å². The average Bonchev–Trinajstić information content (AvgIpc) is 2.47. The molecule has 0 amide bonds. The molecule has 156 valence electrons. The molecule has 0 aliphatic rings. The van der Waals surface area contributed by atoms with E-state index < -0.39 is 51.8 Å². The van der Waals surface area contributed by atoms with E-state index in [9.17, 15) is 57.1 Å². The van der Waals surface area contributed by atoms with Crippen LogP contribution in [0.5, 0.6) is 0 Å². The molecule has 1 aromatic rings. The summed E-state index contributed by atoms with van der Waals surface area (Å²) in [5.41, 5.74) is 0. The van der Waals surface area contributed by atoms with Crippen molar-refractivity contribution in [1.82, 2.24) is 0 Å². The van der Waals surface area contributed by atoms with E-state index in [2.05, 4.69) is 15.9 Å². The van der Waals surface area contributed by atoms with Gasteiger partial charge < -0.3 is 0 Å². The molecule has 0 nitrogen and oxygen atoms in total. The van der Waals surface area contributed by atoms with Crippen LogP contribution in [0.15, 0.2) is 33.6 Å². The minimum atomic E-state index is -7.88. The molecular weight excluding hydrogens is 503 g/mol. The lowest BCUT2D eigenvalue weighted by Gasteiger charge is -2.39. The number of hydrogen-bond donors (Lipinski definition) is 0.